The normalized spacial score (nSPS) is 15.6. The predicted molar refractivity (Wildman–Crippen MR) is 150 cm³/mol. The summed E-state index contributed by atoms with van der Waals surface area (Å²) in [5.74, 6) is 0.849. The molecule has 0 bridgehead atoms. The van der Waals surface area contributed by atoms with E-state index >= 15 is 0 Å². The molecule has 1 saturated heterocycles. The number of nitriles is 1. The van der Waals surface area contributed by atoms with Crippen molar-refractivity contribution in [3.05, 3.63) is 59.5 Å². The SMILES string of the molecule is CCS(=O)(=O)N1CCC(c2cn(COCC[Si](C)(C)C)c3c(C#N)cc(Oc4ccc(F)cc4)cc23)CC1. The van der Waals surface area contributed by atoms with Gasteiger partial charge in [0.05, 0.1) is 16.8 Å². The van der Waals surface area contributed by atoms with Gasteiger partial charge in [0.25, 0.3) is 0 Å². The summed E-state index contributed by atoms with van der Waals surface area (Å²) >= 11 is 0. The largest absolute Gasteiger partial charge is 0.457 e. The molecule has 2 heterocycles. The average Bonchev–Trinajstić information content (AvgIpc) is 3.25. The first kappa shape index (κ1) is 28.3. The molecule has 2 aromatic carbocycles. The van der Waals surface area contributed by atoms with E-state index in [-0.39, 0.29) is 17.5 Å². The Morgan fingerprint density at radius 3 is 2.39 bits per heavy atom. The molecule has 204 valence electrons. The molecule has 1 fully saturated rings. The molecular formula is C28H36FN3O4SSi. The quantitative estimate of drug-likeness (QED) is 0.216. The first-order valence-corrected chi connectivity index (χ1v) is 18.4. The number of nitrogens with zero attached hydrogens (tertiary/aromatic N) is 3. The van der Waals surface area contributed by atoms with Crippen LogP contribution in [0.4, 0.5) is 4.39 Å². The van der Waals surface area contributed by atoms with Gasteiger partial charge in [-0.25, -0.2) is 17.1 Å². The molecule has 0 radical (unpaired) electrons. The van der Waals surface area contributed by atoms with Crippen molar-refractivity contribution >= 4 is 29.0 Å². The van der Waals surface area contributed by atoms with Gasteiger partial charge in [0.1, 0.15) is 30.1 Å². The average molecular weight is 558 g/mol. The molecular weight excluding hydrogens is 521 g/mol. The van der Waals surface area contributed by atoms with Crippen LogP contribution in [0.5, 0.6) is 11.5 Å². The minimum atomic E-state index is -3.22. The summed E-state index contributed by atoms with van der Waals surface area (Å²) in [5, 5.41) is 11.0. The third-order valence-corrected chi connectivity index (χ3v) is 10.6. The maximum absolute atomic E-state index is 13.4. The maximum Gasteiger partial charge on any atom is 0.213 e. The van der Waals surface area contributed by atoms with Crippen molar-refractivity contribution in [1.29, 1.82) is 5.26 Å². The highest BCUT2D eigenvalue weighted by Gasteiger charge is 2.30. The van der Waals surface area contributed by atoms with Crippen LogP contribution in [-0.2, 0) is 21.5 Å². The number of hydrogen-bond acceptors (Lipinski definition) is 5. The Bertz CT molecular complexity index is 1420. The number of ether oxygens (including phenoxy) is 2. The highest BCUT2D eigenvalue weighted by molar-refractivity contribution is 7.89. The summed E-state index contributed by atoms with van der Waals surface area (Å²) in [6, 6.07) is 12.7. The second-order valence-electron chi connectivity index (χ2n) is 11.0. The number of halogens is 1. The van der Waals surface area contributed by atoms with Gasteiger partial charge in [0.2, 0.25) is 10.0 Å². The second-order valence-corrected chi connectivity index (χ2v) is 18.9. The lowest BCUT2D eigenvalue weighted by Crippen LogP contribution is -2.38. The minimum Gasteiger partial charge on any atom is -0.457 e. The number of rotatable bonds is 10. The molecule has 0 N–H and O–H groups in total. The van der Waals surface area contributed by atoms with Gasteiger partial charge in [-0.2, -0.15) is 5.26 Å². The highest BCUT2D eigenvalue weighted by Crippen LogP contribution is 2.39. The van der Waals surface area contributed by atoms with Crippen LogP contribution in [0.2, 0.25) is 25.7 Å². The molecule has 4 rings (SSSR count). The minimum absolute atomic E-state index is 0.0986. The number of aromatic nitrogens is 1. The third-order valence-electron chi connectivity index (χ3n) is 7.03. The van der Waals surface area contributed by atoms with Crippen LogP contribution in [0.3, 0.4) is 0 Å². The highest BCUT2D eigenvalue weighted by atomic mass is 32.2. The van der Waals surface area contributed by atoms with E-state index in [1.807, 2.05) is 10.6 Å². The fourth-order valence-electron chi connectivity index (χ4n) is 4.82. The van der Waals surface area contributed by atoms with Crippen LogP contribution in [0.25, 0.3) is 10.9 Å². The third kappa shape index (κ3) is 6.64. The van der Waals surface area contributed by atoms with Gasteiger partial charge in [0, 0.05) is 45.4 Å². The standard InChI is InChI=1S/C28H36FN3O4SSi/c1-5-37(33,34)32-12-10-21(11-13-32)27-19-31(20-35-14-15-38(2,3)4)28-22(18-30)16-25(17-26(27)28)36-24-8-6-23(29)7-9-24/h6-9,16-17,19,21H,5,10-15,20H2,1-4H3. The molecule has 0 atom stereocenters. The topological polar surface area (TPSA) is 84.6 Å². The second kappa shape index (κ2) is 11.6. The van der Waals surface area contributed by atoms with Crippen LogP contribution < -0.4 is 4.74 Å². The van der Waals surface area contributed by atoms with Gasteiger partial charge in [-0.1, -0.05) is 19.6 Å². The molecule has 38 heavy (non-hydrogen) atoms. The number of piperidine rings is 1. The van der Waals surface area contributed by atoms with Crippen LogP contribution in [-0.4, -0.2) is 50.8 Å². The first-order chi connectivity index (χ1) is 18.0. The first-order valence-electron chi connectivity index (χ1n) is 13.1. The molecule has 1 aliphatic rings. The molecule has 0 amide bonds. The van der Waals surface area contributed by atoms with Crippen LogP contribution in [0, 0.1) is 17.1 Å². The Kier molecular flexibility index (Phi) is 8.62. The van der Waals surface area contributed by atoms with Crippen molar-refractivity contribution in [2.45, 2.75) is 58.1 Å². The zero-order chi connectivity index (χ0) is 27.5. The Hall–Kier alpha value is -2.71. The van der Waals surface area contributed by atoms with E-state index in [1.165, 1.54) is 12.1 Å². The van der Waals surface area contributed by atoms with E-state index in [2.05, 4.69) is 31.9 Å². The van der Waals surface area contributed by atoms with E-state index in [4.69, 9.17) is 9.47 Å². The van der Waals surface area contributed by atoms with Crippen LogP contribution in [0.15, 0.2) is 42.6 Å². The van der Waals surface area contributed by atoms with Crippen LogP contribution in [0.1, 0.15) is 36.8 Å². The smallest absolute Gasteiger partial charge is 0.213 e. The molecule has 3 aromatic rings. The molecule has 1 aliphatic heterocycles. The summed E-state index contributed by atoms with van der Waals surface area (Å²) < 4.78 is 53.8. The maximum atomic E-state index is 13.4. The van der Waals surface area contributed by atoms with Gasteiger partial charge >= 0.3 is 0 Å². The molecule has 0 unspecified atom stereocenters. The lowest BCUT2D eigenvalue weighted by atomic mass is 9.89. The molecule has 1 aromatic heterocycles. The van der Waals surface area contributed by atoms with Crippen molar-refractivity contribution in [3.8, 4) is 17.6 Å². The summed E-state index contributed by atoms with van der Waals surface area (Å²) in [5.41, 5.74) is 2.31. The molecule has 0 aliphatic carbocycles. The monoisotopic (exact) mass is 557 g/mol. The zero-order valence-electron chi connectivity index (χ0n) is 22.5. The summed E-state index contributed by atoms with van der Waals surface area (Å²) in [7, 11) is -4.47. The molecule has 0 spiro atoms. The zero-order valence-corrected chi connectivity index (χ0v) is 24.4. The van der Waals surface area contributed by atoms with Gasteiger partial charge in [-0.3, -0.25) is 0 Å². The Morgan fingerprint density at radius 2 is 1.79 bits per heavy atom. The van der Waals surface area contributed by atoms with Crippen molar-refractivity contribution in [2.75, 3.05) is 25.4 Å². The Morgan fingerprint density at radius 1 is 1.11 bits per heavy atom. The Balaban J connectivity index is 1.69. The lowest BCUT2D eigenvalue weighted by molar-refractivity contribution is 0.0900. The van der Waals surface area contributed by atoms with Gasteiger partial charge in [0.15, 0.2) is 0 Å². The van der Waals surface area contributed by atoms with Crippen LogP contribution >= 0.6 is 0 Å². The van der Waals surface area contributed by atoms with Crippen molar-refractivity contribution in [1.82, 2.24) is 8.87 Å². The molecule has 10 heteroatoms. The van der Waals surface area contributed by atoms with Gasteiger partial charge in [-0.15, -0.1) is 0 Å². The van der Waals surface area contributed by atoms with Gasteiger partial charge < -0.3 is 14.0 Å². The number of sulfonamides is 1. The number of benzene rings is 2. The van der Waals surface area contributed by atoms with Crippen molar-refractivity contribution in [2.24, 2.45) is 0 Å². The summed E-state index contributed by atoms with van der Waals surface area (Å²) in [6.07, 6.45) is 3.44. The summed E-state index contributed by atoms with van der Waals surface area (Å²) in [4.78, 5) is 0. The summed E-state index contributed by atoms with van der Waals surface area (Å²) in [6.45, 7) is 10.5. The lowest BCUT2D eigenvalue weighted by Gasteiger charge is -2.31. The van der Waals surface area contributed by atoms with Gasteiger partial charge in [-0.05, 0) is 67.6 Å². The van der Waals surface area contributed by atoms with E-state index < -0.39 is 18.1 Å². The molecule has 0 saturated carbocycles. The Labute approximate surface area is 225 Å². The fourth-order valence-corrected chi connectivity index (χ4v) is 6.71. The fraction of sp³-hybridized carbons (Fsp3) is 0.464. The molecule has 7 nitrogen and oxygen atoms in total. The van der Waals surface area contributed by atoms with E-state index in [0.717, 1.165) is 22.5 Å². The number of hydrogen-bond donors (Lipinski definition) is 0. The van der Waals surface area contributed by atoms with E-state index in [1.54, 1.807) is 29.4 Å². The predicted octanol–water partition coefficient (Wildman–Crippen LogP) is 6.29. The number of fused-ring (bicyclic) bond motifs is 1. The van der Waals surface area contributed by atoms with Crippen molar-refractivity contribution < 1.29 is 22.3 Å². The van der Waals surface area contributed by atoms with E-state index in [9.17, 15) is 18.1 Å². The van der Waals surface area contributed by atoms with E-state index in [0.29, 0.717) is 56.3 Å². The van der Waals surface area contributed by atoms with Crippen molar-refractivity contribution in [3.63, 3.8) is 0 Å².